The van der Waals surface area contributed by atoms with Crippen LogP contribution in [0.2, 0.25) is 5.15 Å². The van der Waals surface area contributed by atoms with Gasteiger partial charge in [-0.2, -0.15) is 0 Å². The molecule has 0 saturated carbocycles. The molecule has 0 amide bonds. The topological polar surface area (TPSA) is 28.2 Å². The van der Waals surface area contributed by atoms with Crippen LogP contribution in [0.3, 0.4) is 0 Å². The molecule has 0 aromatic carbocycles. The highest BCUT2D eigenvalue weighted by Gasteiger charge is 2.14. The van der Waals surface area contributed by atoms with Gasteiger partial charge in [-0.05, 0) is 50.5 Å². The number of nitrogens with zero attached hydrogens (tertiary/aromatic N) is 2. The van der Waals surface area contributed by atoms with Crippen LogP contribution in [0.5, 0.6) is 0 Å². The fraction of sp³-hybridized carbons (Fsp3) is 0.615. The van der Waals surface area contributed by atoms with Crippen LogP contribution >= 0.6 is 24.0 Å². The van der Waals surface area contributed by atoms with Crippen molar-refractivity contribution in [2.45, 2.75) is 19.4 Å². The minimum Gasteiger partial charge on any atom is -0.317 e. The van der Waals surface area contributed by atoms with Gasteiger partial charge in [0, 0.05) is 19.3 Å². The zero-order valence-electron chi connectivity index (χ0n) is 10.7. The molecular formula is C13H21Cl2N3. The number of aromatic nitrogens is 1. The summed E-state index contributed by atoms with van der Waals surface area (Å²) >= 11 is 5.77. The molecular weight excluding hydrogens is 269 g/mol. The Labute approximate surface area is 120 Å². The fourth-order valence-corrected chi connectivity index (χ4v) is 2.49. The van der Waals surface area contributed by atoms with E-state index in [1.54, 1.807) is 0 Å². The van der Waals surface area contributed by atoms with Crippen LogP contribution < -0.4 is 5.32 Å². The highest BCUT2D eigenvalue weighted by Crippen LogP contribution is 2.14. The number of piperidine rings is 1. The average molecular weight is 290 g/mol. The van der Waals surface area contributed by atoms with Gasteiger partial charge in [0.25, 0.3) is 0 Å². The predicted octanol–water partition coefficient (Wildman–Crippen LogP) is 2.59. The molecule has 1 fully saturated rings. The Kier molecular flexibility index (Phi) is 6.94. The third kappa shape index (κ3) is 5.11. The largest absolute Gasteiger partial charge is 0.317 e. The summed E-state index contributed by atoms with van der Waals surface area (Å²) < 4.78 is 0. The lowest BCUT2D eigenvalue weighted by atomic mass is 9.97. The molecule has 1 aliphatic heterocycles. The number of halogens is 2. The van der Waals surface area contributed by atoms with E-state index in [9.17, 15) is 0 Å². The zero-order chi connectivity index (χ0) is 12.1. The summed E-state index contributed by atoms with van der Waals surface area (Å²) in [7, 11) is 2.18. The van der Waals surface area contributed by atoms with E-state index >= 15 is 0 Å². The molecule has 2 heterocycles. The van der Waals surface area contributed by atoms with Gasteiger partial charge in [-0.3, -0.25) is 0 Å². The minimum atomic E-state index is 0. The third-order valence-corrected chi connectivity index (χ3v) is 3.49. The molecule has 5 heteroatoms. The molecule has 1 aromatic rings. The lowest BCUT2D eigenvalue weighted by Gasteiger charge is -2.27. The van der Waals surface area contributed by atoms with E-state index in [1.807, 2.05) is 18.3 Å². The second kappa shape index (κ2) is 7.95. The van der Waals surface area contributed by atoms with E-state index in [2.05, 4.69) is 22.2 Å². The first-order valence-corrected chi connectivity index (χ1v) is 6.61. The molecule has 0 unspecified atom stereocenters. The van der Waals surface area contributed by atoms with Gasteiger partial charge < -0.3 is 10.2 Å². The van der Waals surface area contributed by atoms with Crippen molar-refractivity contribution in [3.63, 3.8) is 0 Å². The van der Waals surface area contributed by atoms with E-state index in [1.165, 1.54) is 38.0 Å². The molecule has 0 radical (unpaired) electrons. The molecule has 0 bridgehead atoms. The van der Waals surface area contributed by atoms with Gasteiger partial charge in [-0.15, -0.1) is 12.4 Å². The molecule has 102 valence electrons. The van der Waals surface area contributed by atoms with Crippen LogP contribution in [0.25, 0.3) is 0 Å². The van der Waals surface area contributed by atoms with Crippen LogP contribution in [0.1, 0.15) is 18.4 Å². The molecule has 2 rings (SSSR count). The highest BCUT2D eigenvalue weighted by atomic mass is 35.5. The van der Waals surface area contributed by atoms with Crippen molar-refractivity contribution >= 4 is 24.0 Å². The van der Waals surface area contributed by atoms with E-state index in [-0.39, 0.29) is 12.4 Å². The van der Waals surface area contributed by atoms with Crippen molar-refractivity contribution in [2.24, 2.45) is 5.92 Å². The molecule has 1 aliphatic rings. The summed E-state index contributed by atoms with van der Waals surface area (Å²) in [5.41, 5.74) is 1.23. The number of hydrogen-bond donors (Lipinski definition) is 1. The van der Waals surface area contributed by atoms with Crippen LogP contribution in [-0.2, 0) is 6.54 Å². The van der Waals surface area contributed by atoms with Crippen molar-refractivity contribution < 1.29 is 0 Å². The van der Waals surface area contributed by atoms with Crippen molar-refractivity contribution in [3.05, 3.63) is 29.0 Å². The molecule has 0 spiro atoms. The Morgan fingerprint density at radius 2 is 2.11 bits per heavy atom. The molecule has 1 aromatic heterocycles. The second-order valence-corrected chi connectivity index (χ2v) is 5.27. The maximum atomic E-state index is 5.77. The van der Waals surface area contributed by atoms with Gasteiger partial charge in [-0.1, -0.05) is 17.7 Å². The van der Waals surface area contributed by atoms with Gasteiger partial charge in [0.15, 0.2) is 0 Å². The molecule has 0 aliphatic carbocycles. The molecule has 0 atom stereocenters. The van der Waals surface area contributed by atoms with E-state index in [0.29, 0.717) is 5.15 Å². The monoisotopic (exact) mass is 289 g/mol. The predicted molar refractivity (Wildman–Crippen MR) is 78.4 cm³/mol. The summed E-state index contributed by atoms with van der Waals surface area (Å²) in [5, 5.41) is 3.97. The molecule has 18 heavy (non-hydrogen) atoms. The quantitative estimate of drug-likeness (QED) is 0.864. The third-order valence-electron chi connectivity index (χ3n) is 3.27. The Morgan fingerprint density at radius 3 is 2.72 bits per heavy atom. The van der Waals surface area contributed by atoms with Crippen molar-refractivity contribution in [1.29, 1.82) is 0 Å². The number of hydrogen-bond acceptors (Lipinski definition) is 3. The van der Waals surface area contributed by atoms with Crippen molar-refractivity contribution in [2.75, 3.05) is 26.7 Å². The first-order valence-electron chi connectivity index (χ1n) is 6.24. The van der Waals surface area contributed by atoms with E-state index < -0.39 is 0 Å². The van der Waals surface area contributed by atoms with Crippen LogP contribution in [0.4, 0.5) is 0 Å². The van der Waals surface area contributed by atoms with Gasteiger partial charge >= 0.3 is 0 Å². The molecule has 3 nitrogen and oxygen atoms in total. The summed E-state index contributed by atoms with van der Waals surface area (Å²) in [6, 6.07) is 3.91. The standard InChI is InChI=1S/C13H20ClN3.ClH/c1-17(9-11-4-6-15-7-5-11)10-12-2-3-13(14)16-8-12;/h2-3,8,11,15H,4-7,9-10H2,1H3;1H. The van der Waals surface area contributed by atoms with Gasteiger partial charge in [0.2, 0.25) is 0 Å². The second-order valence-electron chi connectivity index (χ2n) is 4.88. The normalized spacial score (nSPS) is 16.6. The SMILES string of the molecule is CN(Cc1ccc(Cl)nc1)CC1CCNCC1.Cl. The zero-order valence-corrected chi connectivity index (χ0v) is 12.3. The van der Waals surface area contributed by atoms with Gasteiger partial charge in [0.1, 0.15) is 5.15 Å². The summed E-state index contributed by atoms with van der Waals surface area (Å²) in [5.74, 6) is 0.835. The fourth-order valence-electron chi connectivity index (χ4n) is 2.38. The molecule has 1 N–H and O–H groups in total. The maximum absolute atomic E-state index is 5.77. The van der Waals surface area contributed by atoms with Crippen LogP contribution in [0.15, 0.2) is 18.3 Å². The van der Waals surface area contributed by atoms with E-state index in [4.69, 9.17) is 11.6 Å². The summed E-state index contributed by atoms with van der Waals surface area (Å²) in [6.07, 6.45) is 4.45. The van der Waals surface area contributed by atoms with Gasteiger partial charge in [-0.25, -0.2) is 4.98 Å². The maximum Gasteiger partial charge on any atom is 0.129 e. The minimum absolute atomic E-state index is 0. The first kappa shape index (κ1) is 15.7. The molecule has 1 saturated heterocycles. The smallest absolute Gasteiger partial charge is 0.129 e. The van der Waals surface area contributed by atoms with Gasteiger partial charge in [0.05, 0.1) is 0 Å². The number of nitrogens with one attached hydrogen (secondary N) is 1. The Morgan fingerprint density at radius 1 is 1.39 bits per heavy atom. The lowest BCUT2D eigenvalue weighted by Crippen LogP contribution is -2.34. The number of pyridine rings is 1. The first-order chi connectivity index (χ1) is 8.24. The van der Waals surface area contributed by atoms with E-state index in [0.717, 1.165) is 12.5 Å². The number of rotatable bonds is 4. The van der Waals surface area contributed by atoms with Crippen LogP contribution in [0, 0.1) is 5.92 Å². The average Bonchev–Trinajstić information content (AvgIpc) is 2.33. The van der Waals surface area contributed by atoms with Crippen molar-refractivity contribution in [3.8, 4) is 0 Å². The summed E-state index contributed by atoms with van der Waals surface area (Å²) in [4.78, 5) is 6.48. The highest BCUT2D eigenvalue weighted by molar-refractivity contribution is 6.29. The Bertz CT molecular complexity index is 337. The summed E-state index contributed by atoms with van der Waals surface area (Å²) in [6.45, 7) is 4.46. The Hall–Kier alpha value is -0.350. The van der Waals surface area contributed by atoms with Crippen LogP contribution in [-0.4, -0.2) is 36.6 Å². The van der Waals surface area contributed by atoms with Crippen molar-refractivity contribution in [1.82, 2.24) is 15.2 Å². The Balaban J connectivity index is 0.00000162. The lowest BCUT2D eigenvalue weighted by molar-refractivity contribution is 0.234.